The Kier molecular flexibility index (Phi) is 6.01. The molecule has 9 heteroatoms. The number of piperidine rings is 1. The summed E-state index contributed by atoms with van der Waals surface area (Å²) in [5, 5.41) is 3.08. The van der Waals surface area contributed by atoms with Crippen molar-refractivity contribution in [2.45, 2.75) is 44.1 Å². The lowest BCUT2D eigenvalue weighted by molar-refractivity contribution is -0.117. The Morgan fingerprint density at radius 2 is 1.91 bits per heavy atom. The van der Waals surface area contributed by atoms with E-state index in [-0.39, 0.29) is 11.5 Å². The summed E-state index contributed by atoms with van der Waals surface area (Å²) in [4.78, 5) is 25.4. The zero-order chi connectivity index (χ0) is 22.1. The summed E-state index contributed by atoms with van der Waals surface area (Å²) in [5.41, 5.74) is 1.02. The standard InChI is InChI=1S/C23H27F2N5O2/c24-23(25)16-3-6-26-19(10-16)27-20-11-17(12-21(28-20)30-7-1-2-22(30)31)15-4-8-29(9-5-15)18-13-32-14-18/h3,6,10-12,15,18,23H,1-2,4-5,7-9,13-14H2,(H,26,27,28). The summed E-state index contributed by atoms with van der Waals surface area (Å²) in [6, 6.07) is 7.16. The maximum Gasteiger partial charge on any atom is 0.264 e. The first-order valence-electron chi connectivity index (χ1n) is 11.2. The normalized spacial score (nSPS) is 20.7. The number of nitrogens with one attached hydrogen (secondary N) is 1. The summed E-state index contributed by atoms with van der Waals surface area (Å²) in [7, 11) is 0. The average molecular weight is 443 g/mol. The molecule has 5 heterocycles. The van der Waals surface area contributed by atoms with Crippen LogP contribution < -0.4 is 10.2 Å². The SMILES string of the molecule is O=C1CCCN1c1cc(C2CCN(C3COC3)CC2)cc(Nc2cc(C(F)F)ccn2)n1. The van der Waals surface area contributed by atoms with E-state index in [0.717, 1.165) is 51.1 Å². The number of aromatic nitrogens is 2. The number of halogens is 2. The number of pyridine rings is 2. The van der Waals surface area contributed by atoms with Crippen LogP contribution in [0.2, 0.25) is 0 Å². The minimum atomic E-state index is -2.57. The van der Waals surface area contributed by atoms with E-state index in [1.165, 1.54) is 18.3 Å². The molecule has 3 aliphatic rings. The Balaban J connectivity index is 1.40. The molecule has 0 radical (unpaired) electrons. The van der Waals surface area contributed by atoms with Crippen molar-refractivity contribution in [3.05, 3.63) is 41.6 Å². The number of amides is 1. The molecular formula is C23H27F2N5O2. The first kappa shape index (κ1) is 21.2. The van der Waals surface area contributed by atoms with Crippen molar-refractivity contribution in [1.29, 1.82) is 0 Å². The highest BCUT2D eigenvalue weighted by molar-refractivity contribution is 5.94. The number of carbonyl (C=O) groups excluding carboxylic acids is 1. The number of nitrogens with zero attached hydrogens (tertiary/aromatic N) is 4. The molecular weight excluding hydrogens is 416 g/mol. The highest BCUT2D eigenvalue weighted by atomic mass is 19.3. The molecule has 2 aromatic heterocycles. The van der Waals surface area contributed by atoms with Crippen LogP contribution in [-0.2, 0) is 9.53 Å². The first-order chi connectivity index (χ1) is 15.6. The molecule has 32 heavy (non-hydrogen) atoms. The lowest BCUT2D eigenvalue weighted by Crippen LogP contribution is -2.51. The van der Waals surface area contributed by atoms with Crippen LogP contribution in [0.15, 0.2) is 30.5 Å². The van der Waals surface area contributed by atoms with Gasteiger partial charge in [-0.1, -0.05) is 0 Å². The molecule has 0 aliphatic carbocycles. The molecule has 3 aliphatic heterocycles. The number of ether oxygens (including phenoxy) is 1. The van der Waals surface area contributed by atoms with Crippen LogP contribution in [0.25, 0.3) is 0 Å². The molecule has 5 rings (SSSR count). The van der Waals surface area contributed by atoms with Gasteiger partial charge in [0, 0.05) is 24.7 Å². The minimum Gasteiger partial charge on any atom is -0.378 e. The molecule has 170 valence electrons. The largest absolute Gasteiger partial charge is 0.378 e. The van der Waals surface area contributed by atoms with Crippen LogP contribution >= 0.6 is 0 Å². The van der Waals surface area contributed by atoms with Crippen molar-refractivity contribution in [3.8, 4) is 0 Å². The lowest BCUT2D eigenvalue weighted by atomic mass is 9.89. The number of alkyl halides is 2. The van der Waals surface area contributed by atoms with Crippen molar-refractivity contribution >= 4 is 23.4 Å². The third-order valence-electron chi connectivity index (χ3n) is 6.61. The Morgan fingerprint density at radius 3 is 2.56 bits per heavy atom. The fourth-order valence-electron chi connectivity index (χ4n) is 4.68. The third kappa shape index (κ3) is 4.45. The van der Waals surface area contributed by atoms with Crippen molar-refractivity contribution in [3.63, 3.8) is 0 Å². The van der Waals surface area contributed by atoms with E-state index in [9.17, 15) is 13.6 Å². The average Bonchev–Trinajstić information content (AvgIpc) is 3.19. The number of hydrogen-bond donors (Lipinski definition) is 1. The summed E-state index contributed by atoms with van der Waals surface area (Å²) in [5.74, 6) is 1.87. The van der Waals surface area contributed by atoms with Crippen LogP contribution in [0.3, 0.4) is 0 Å². The molecule has 0 bridgehead atoms. The second-order valence-corrected chi connectivity index (χ2v) is 8.69. The number of carbonyl (C=O) groups is 1. The molecule has 7 nitrogen and oxygen atoms in total. The maximum atomic E-state index is 13.1. The highest BCUT2D eigenvalue weighted by Gasteiger charge is 2.31. The van der Waals surface area contributed by atoms with Gasteiger partial charge in [-0.15, -0.1) is 0 Å². The number of rotatable bonds is 6. The first-order valence-corrected chi connectivity index (χ1v) is 11.2. The van der Waals surface area contributed by atoms with Crippen molar-refractivity contribution < 1.29 is 18.3 Å². The van der Waals surface area contributed by atoms with E-state index in [2.05, 4.69) is 20.2 Å². The molecule has 3 fully saturated rings. The van der Waals surface area contributed by atoms with Gasteiger partial charge in [-0.2, -0.15) is 0 Å². The molecule has 1 N–H and O–H groups in total. The van der Waals surface area contributed by atoms with E-state index >= 15 is 0 Å². The Hall–Kier alpha value is -2.65. The molecule has 2 aromatic rings. The molecule has 0 aromatic carbocycles. The topological polar surface area (TPSA) is 70.6 Å². The monoisotopic (exact) mass is 443 g/mol. The van der Waals surface area contributed by atoms with Crippen LogP contribution in [0.1, 0.15) is 49.2 Å². The van der Waals surface area contributed by atoms with Gasteiger partial charge >= 0.3 is 0 Å². The fourth-order valence-corrected chi connectivity index (χ4v) is 4.68. The van der Waals surface area contributed by atoms with Gasteiger partial charge in [0.2, 0.25) is 5.91 Å². The Labute approximate surface area is 185 Å². The third-order valence-corrected chi connectivity index (χ3v) is 6.61. The number of anilines is 3. The summed E-state index contributed by atoms with van der Waals surface area (Å²) in [6.07, 6.45) is 2.17. The molecule has 0 spiro atoms. The Morgan fingerprint density at radius 1 is 1.09 bits per heavy atom. The van der Waals surface area contributed by atoms with Crippen molar-refractivity contribution in [1.82, 2.24) is 14.9 Å². The second-order valence-electron chi connectivity index (χ2n) is 8.69. The van der Waals surface area contributed by atoms with E-state index in [1.54, 1.807) is 4.90 Å². The zero-order valence-electron chi connectivity index (χ0n) is 17.8. The van der Waals surface area contributed by atoms with Gasteiger partial charge in [0.05, 0.1) is 19.3 Å². The quantitative estimate of drug-likeness (QED) is 0.731. The van der Waals surface area contributed by atoms with E-state index < -0.39 is 6.43 Å². The maximum absolute atomic E-state index is 13.1. The predicted octanol–water partition coefficient (Wildman–Crippen LogP) is 3.86. The van der Waals surface area contributed by atoms with E-state index in [4.69, 9.17) is 4.74 Å². The summed E-state index contributed by atoms with van der Waals surface area (Å²) in [6.45, 7) is 4.31. The van der Waals surface area contributed by atoms with Gasteiger partial charge in [0.1, 0.15) is 17.5 Å². The number of likely N-dealkylation sites (tertiary alicyclic amines) is 1. The number of hydrogen-bond acceptors (Lipinski definition) is 6. The molecule has 0 unspecified atom stereocenters. The van der Waals surface area contributed by atoms with Gasteiger partial charge in [0.15, 0.2) is 0 Å². The van der Waals surface area contributed by atoms with Crippen molar-refractivity contribution in [2.24, 2.45) is 0 Å². The minimum absolute atomic E-state index is 0.0678. The smallest absolute Gasteiger partial charge is 0.264 e. The summed E-state index contributed by atoms with van der Waals surface area (Å²) >= 11 is 0. The molecule has 0 atom stereocenters. The fraction of sp³-hybridized carbons (Fsp3) is 0.522. The predicted molar refractivity (Wildman–Crippen MR) is 116 cm³/mol. The van der Waals surface area contributed by atoms with Crippen LogP contribution in [-0.4, -0.2) is 59.7 Å². The van der Waals surface area contributed by atoms with Crippen LogP contribution in [0, 0.1) is 0 Å². The Bertz CT molecular complexity index is 977. The molecule has 1 amide bonds. The van der Waals surface area contributed by atoms with Crippen LogP contribution in [0.4, 0.5) is 26.2 Å². The highest BCUT2D eigenvalue weighted by Crippen LogP contribution is 2.34. The van der Waals surface area contributed by atoms with E-state index in [0.29, 0.717) is 42.4 Å². The zero-order valence-corrected chi connectivity index (χ0v) is 17.8. The van der Waals surface area contributed by atoms with Crippen LogP contribution in [0.5, 0.6) is 0 Å². The second kappa shape index (κ2) is 9.07. The van der Waals surface area contributed by atoms with Crippen molar-refractivity contribution in [2.75, 3.05) is 43.1 Å². The van der Waals surface area contributed by atoms with E-state index in [1.807, 2.05) is 12.1 Å². The van der Waals surface area contributed by atoms with Gasteiger partial charge < -0.3 is 10.1 Å². The lowest BCUT2D eigenvalue weighted by Gasteiger charge is -2.41. The van der Waals surface area contributed by atoms with Gasteiger partial charge in [-0.3, -0.25) is 14.6 Å². The van der Waals surface area contributed by atoms with Gasteiger partial charge in [-0.05, 0) is 68.1 Å². The van der Waals surface area contributed by atoms with Gasteiger partial charge in [0.25, 0.3) is 6.43 Å². The molecule has 3 saturated heterocycles. The molecule has 0 saturated carbocycles. The summed E-state index contributed by atoms with van der Waals surface area (Å²) < 4.78 is 31.5. The van der Waals surface area contributed by atoms with Gasteiger partial charge in [-0.25, -0.2) is 18.7 Å².